The van der Waals surface area contributed by atoms with E-state index in [9.17, 15) is 74.5 Å². The summed E-state index contributed by atoms with van der Waals surface area (Å²) in [6.45, 7) is -0.532. The van der Waals surface area contributed by atoms with Crippen molar-refractivity contribution in [2.45, 2.75) is 32.1 Å². The molecule has 37 heteroatoms. The number of aliphatic carboxylic acids is 1. The number of hydrogen-bond donors (Lipinski definition) is 5. The zero-order valence-corrected chi connectivity index (χ0v) is 56.0. The quantitative estimate of drug-likeness (QED) is 0.0120. The molecule has 0 amide bonds. The van der Waals surface area contributed by atoms with E-state index in [0.29, 0.717) is 27.8 Å². The van der Waals surface area contributed by atoms with Crippen LogP contribution >= 0.6 is 0 Å². The average Bonchev–Trinajstić information content (AvgIpc) is 0.869. The Hall–Kier alpha value is -10.0. The largest absolute Gasteiger partial charge is 0.481 e. The van der Waals surface area contributed by atoms with Gasteiger partial charge >= 0.3 is 29.8 Å². The van der Waals surface area contributed by atoms with Crippen molar-refractivity contribution in [3.63, 3.8) is 0 Å². The molecule has 0 unspecified atom stereocenters. The summed E-state index contributed by atoms with van der Waals surface area (Å²) < 4.78 is 66.3. The van der Waals surface area contributed by atoms with Gasteiger partial charge in [-0.15, -0.1) is 0 Å². The van der Waals surface area contributed by atoms with E-state index in [2.05, 4.69) is 0 Å². The van der Waals surface area contributed by atoms with Gasteiger partial charge in [0.2, 0.25) is 0 Å². The Morgan fingerprint density at radius 2 is 0.437 bits per heavy atom. The molecule has 0 atom stereocenters. The highest BCUT2D eigenvalue weighted by molar-refractivity contribution is 5.74. The zero-order valence-electron chi connectivity index (χ0n) is 56.0. The van der Waals surface area contributed by atoms with Gasteiger partial charge in [-0.3, -0.25) is 74.5 Å². The number of ether oxygens (including phenoxy) is 12. The first kappa shape index (κ1) is 87.2. The van der Waals surface area contributed by atoms with Gasteiger partial charge in [0, 0.05) is 60.7 Å². The van der Waals surface area contributed by atoms with E-state index in [-0.39, 0.29) is 219 Å². The second-order valence-electron chi connectivity index (χ2n) is 22.1. The lowest BCUT2D eigenvalue weighted by molar-refractivity contribution is -0.385. The number of carboxylic acids is 1. The standard InChI is InChI=1S/C45H48N4O20.C13H28O8.C8H7NO4/c50-41(25-33-1-9-37(10-2-33)46(54)55)66-21-17-62-29-45(30-63-18-22-67-42(51)26-34-3-11-38(12-4-34)47(56)57,31-64-19-23-68-43(52)27-35-5-13-39(14-6-35)48(58)59)32-65-20-24-69-44(53)28-36-7-15-40(16-8-36)49(60)61;14-1-5-18-9-13(10-19-6-2-15,11-20-7-3-16)12-21-8-4-17;10-8(11)5-6-1-3-7(4-2-6)9(12)13/h1-16H,17-32H2;14-17H,1-12H2;1-4H,5H2,(H,10,11). The molecule has 37 nitrogen and oxygen atoms in total. The number of nitrogens with zero attached hydrogens (tertiary/aromatic N) is 5. The van der Waals surface area contributed by atoms with E-state index in [0.717, 1.165) is 0 Å². The van der Waals surface area contributed by atoms with E-state index >= 15 is 0 Å². The Labute approximate surface area is 588 Å². The van der Waals surface area contributed by atoms with Crippen molar-refractivity contribution in [1.82, 2.24) is 0 Å². The molecule has 5 N–H and O–H groups in total. The summed E-state index contributed by atoms with van der Waals surface area (Å²) in [5.74, 6) is -3.44. The Balaban J connectivity index is 0.000000658. The molecule has 0 bridgehead atoms. The van der Waals surface area contributed by atoms with Gasteiger partial charge in [-0.05, 0) is 27.8 Å². The van der Waals surface area contributed by atoms with Crippen molar-refractivity contribution in [3.05, 3.63) is 200 Å². The minimum atomic E-state index is -1.16. The van der Waals surface area contributed by atoms with Crippen molar-refractivity contribution in [2.24, 2.45) is 10.8 Å². The number of non-ortho nitro benzene ring substituents is 5. The van der Waals surface area contributed by atoms with Crippen LogP contribution in [0.1, 0.15) is 27.8 Å². The van der Waals surface area contributed by atoms with Crippen LogP contribution < -0.4 is 0 Å². The van der Waals surface area contributed by atoms with Gasteiger partial charge in [0.15, 0.2) is 0 Å². The number of benzene rings is 5. The molecule has 0 aromatic heterocycles. The molecule has 0 aliphatic carbocycles. The predicted octanol–water partition coefficient (Wildman–Crippen LogP) is 4.05. The number of esters is 4. The first-order chi connectivity index (χ1) is 49.4. The minimum Gasteiger partial charge on any atom is -0.481 e. The monoisotopic (exact) mass is 1460 g/mol. The maximum Gasteiger partial charge on any atom is 0.310 e. The first-order valence-corrected chi connectivity index (χ1v) is 31.5. The normalized spacial score (nSPS) is 11.0. The molecule has 103 heavy (non-hydrogen) atoms. The Morgan fingerprint density at radius 1 is 0.272 bits per heavy atom. The summed E-state index contributed by atoms with van der Waals surface area (Å²) in [4.78, 5) is 112. The molecular formula is C66H83N5O32. The fraction of sp³-hybridized carbons (Fsp3) is 0.470. The fourth-order valence-corrected chi connectivity index (χ4v) is 8.65. The summed E-state index contributed by atoms with van der Waals surface area (Å²) in [5.41, 5.74) is 0.146. The zero-order chi connectivity index (χ0) is 75.7. The minimum absolute atomic E-state index is 0.0332. The summed E-state index contributed by atoms with van der Waals surface area (Å²) >= 11 is 0. The van der Waals surface area contributed by atoms with Crippen molar-refractivity contribution >= 4 is 58.3 Å². The highest BCUT2D eigenvalue weighted by Gasteiger charge is 2.34. The van der Waals surface area contributed by atoms with Crippen LogP contribution in [-0.4, -0.2) is 239 Å². The summed E-state index contributed by atoms with van der Waals surface area (Å²) in [6, 6.07) is 27.1. The maximum atomic E-state index is 12.5. The lowest BCUT2D eigenvalue weighted by atomic mass is 9.92. The van der Waals surface area contributed by atoms with Crippen molar-refractivity contribution in [3.8, 4) is 0 Å². The van der Waals surface area contributed by atoms with Crippen molar-refractivity contribution in [2.75, 3.05) is 159 Å². The van der Waals surface area contributed by atoms with Gasteiger partial charge in [0.05, 0.1) is 200 Å². The van der Waals surface area contributed by atoms with Gasteiger partial charge in [0.25, 0.3) is 28.4 Å². The van der Waals surface area contributed by atoms with Gasteiger partial charge in [-0.1, -0.05) is 60.7 Å². The summed E-state index contributed by atoms with van der Waals surface area (Å²) in [7, 11) is 0. The van der Waals surface area contributed by atoms with Crippen molar-refractivity contribution in [1.29, 1.82) is 0 Å². The highest BCUT2D eigenvalue weighted by Crippen LogP contribution is 2.24. The van der Waals surface area contributed by atoms with Crippen LogP contribution in [0.3, 0.4) is 0 Å². The molecule has 0 radical (unpaired) electrons. The molecular weight excluding hydrogens is 1370 g/mol. The third-order valence-electron chi connectivity index (χ3n) is 13.7. The number of carbonyl (C=O) groups excluding carboxylic acids is 4. The second kappa shape index (κ2) is 50.3. The topological polar surface area (TPSA) is 513 Å². The number of aliphatic hydroxyl groups excluding tert-OH is 4. The number of aliphatic hydroxyl groups is 4. The van der Waals surface area contributed by atoms with Gasteiger partial charge < -0.3 is 82.4 Å². The van der Waals surface area contributed by atoms with E-state index in [1.54, 1.807) is 0 Å². The van der Waals surface area contributed by atoms with E-state index < -0.39 is 65.3 Å². The third kappa shape index (κ3) is 38.0. The van der Waals surface area contributed by atoms with Crippen LogP contribution in [0.5, 0.6) is 0 Å². The molecule has 0 saturated heterocycles. The molecule has 5 rings (SSSR count). The molecule has 0 saturated carbocycles. The van der Waals surface area contributed by atoms with Crippen LogP contribution in [-0.2, 0) is 113 Å². The molecule has 5 aromatic rings. The lowest BCUT2D eigenvalue weighted by Crippen LogP contribution is -2.43. The smallest absolute Gasteiger partial charge is 0.310 e. The van der Waals surface area contributed by atoms with Gasteiger partial charge in [-0.2, -0.15) is 0 Å². The molecule has 0 aliphatic heterocycles. The number of rotatable bonds is 51. The van der Waals surface area contributed by atoms with Gasteiger partial charge in [-0.25, -0.2) is 0 Å². The number of hydrogen-bond acceptors (Lipinski definition) is 31. The fourth-order valence-electron chi connectivity index (χ4n) is 8.65. The molecule has 5 aromatic carbocycles. The maximum absolute atomic E-state index is 12.5. The first-order valence-electron chi connectivity index (χ1n) is 31.5. The molecule has 0 aliphatic rings. The molecule has 0 fully saturated rings. The van der Waals surface area contributed by atoms with E-state index in [4.69, 9.17) is 82.4 Å². The molecule has 564 valence electrons. The van der Waals surface area contributed by atoms with E-state index in [1.165, 1.54) is 121 Å². The predicted molar refractivity (Wildman–Crippen MR) is 355 cm³/mol. The van der Waals surface area contributed by atoms with Crippen LogP contribution in [0.25, 0.3) is 0 Å². The Morgan fingerprint density at radius 3 is 0.592 bits per heavy atom. The molecule has 0 heterocycles. The van der Waals surface area contributed by atoms with Crippen LogP contribution in [0, 0.1) is 61.4 Å². The number of nitro benzene ring substituents is 5. The Kier molecular flexibility index (Phi) is 42.6. The van der Waals surface area contributed by atoms with Crippen molar-refractivity contribution < 1.29 is 131 Å². The number of nitro groups is 5. The molecule has 0 spiro atoms. The average molecular weight is 1460 g/mol. The number of carbonyl (C=O) groups is 5. The summed E-state index contributed by atoms with van der Waals surface area (Å²) in [5, 5.41) is 97.6. The SMILES string of the molecule is O=C(Cc1ccc([N+](=O)[O-])cc1)OCCOCC(COCCOC(=O)Cc1ccc([N+](=O)[O-])cc1)(COCCOC(=O)Cc1ccc([N+](=O)[O-])cc1)COCCOC(=O)Cc1ccc([N+](=O)[O-])cc1.O=C(O)Cc1ccc([N+](=O)[O-])cc1.OCCOCC(COCCO)(COCCO)COCCO. The number of carboxylic acid groups (broad SMARTS) is 1. The summed E-state index contributed by atoms with van der Waals surface area (Å²) in [6.07, 6.45) is -0.753. The van der Waals surface area contributed by atoms with Gasteiger partial charge in [0.1, 0.15) is 26.4 Å². The second-order valence-corrected chi connectivity index (χ2v) is 22.1. The Bertz CT molecular complexity index is 2990. The van der Waals surface area contributed by atoms with Crippen LogP contribution in [0.4, 0.5) is 28.4 Å². The highest BCUT2D eigenvalue weighted by atomic mass is 16.7. The van der Waals surface area contributed by atoms with E-state index in [1.807, 2.05) is 0 Å². The lowest BCUT2D eigenvalue weighted by Gasteiger charge is -2.33. The third-order valence-corrected chi connectivity index (χ3v) is 13.7. The van der Waals surface area contributed by atoms with Crippen LogP contribution in [0.15, 0.2) is 121 Å². The van der Waals surface area contributed by atoms with Crippen LogP contribution in [0.2, 0.25) is 0 Å².